The minimum atomic E-state index is -4.39. The van der Waals surface area contributed by atoms with Crippen molar-refractivity contribution < 1.29 is 37.6 Å². The van der Waals surface area contributed by atoms with Gasteiger partial charge in [0.05, 0.1) is 13.2 Å². The molecule has 10 heteroatoms. The van der Waals surface area contributed by atoms with E-state index < -0.39 is 32.5 Å². The number of nitrogens with zero attached hydrogens (tertiary/aromatic N) is 1. The quantitative estimate of drug-likeness (QED) is 0.0283. The molecule has 0 aliphatic heterocycles. The molecule has 2 atom stereocenters. The van der Waals surface area contributed by atoms with Gasteiger partial charge in [-0.15, -0.1) is 0 Å². The number of carbonyl (C=O) groups excluding carboxylic acids is 2. The summed E-state index contributed by atoms with van der Waals surface area (Å²) in [7, 11) is -0.761. The van der Waals surface area contributed by atoms with Gasteiger partial charge in [0.1, 0.15) is 6.61 Å². The summed E-state index contributed by atoms with van der Waals surface area (Å²) in [6.07, 6.45) is 46.7. The van der Waals surface area contributed by atoms with E-state index in [0.29, 0.717) is 25.8 Å². The zero-order valence-corrected chi connectivity index (χ0v) is 36.0. The topological polar surface area (TPSA) is 112 Å². The molecule has 0 aliphatic rings. The first-order valence-electron chi connectivity index (χ1n) is 21.2. The normalized spacial score (nSPS) is 14.1. The molecule has 1 N–H and O–H groups in total. The highest BCUT2D eigenvalue weighted by molar-refractivity contribution is 7.47. The Hall–Kier alpha value is -2.55. The molecule has 0 bridgehead atoms. The molecule has 55 heavy (non-hydrogen) atoms. The van der Waals surface area contributed by atoms with Crippen molar-refractivity contribution in [1.82, 2.24) is 4.90 Å². The number of phosphoric acid groups is 1. The van der Waals surface area contributed by atoms with E-state index in [1.807, 2.05) is 20.2 Å². The van der Waals surface area contributed by atoms with Crippen molar-refractivity contribution >= 4 is 19.8 Å². The summed E-state index contributed by atoms with van der Waals surface area (Å²) >= 11 is 0. The van der Waals surface area contributed by atoms with Crippen molar-refractivity contribution in [3.05, 3.63) is 72.9 Å². The molecule has 0 saturated heterocycles. The standard InChI is InChI=1S/C45H78NO8P/c1-5-7-9-11-13-15-17-19-21-22-24-26-28-30-32-34-36-38-45(48)54-43(42-53-55(49,50)52-40-39-46(3)4)41-51-44(47)37-35-33-31-29-27-25-23-20-18-16-14-12-10-8-6-2/h14,16,19-21,23-24,26-27,29-30,32,43H,5-13,15,17-18,22,25,28,31,33-42H2,1-4H3,(H,49,50)/b16-14-,21-19-,23-20-,26-24-,29-27-,32-30-. The summed E-state index contributed by atoms with van der Waals surface area (Å²) in [6.45, 7) is 4.16. The fourth-order valence-electron chi connectivity index (χ4n) is 5.18. The van der Waals surface area contributed by atoms with Crippen molar-refractivity contribution in [2.24, 2.45) is 0 Å². The van der Waals surface area contributed by atoms with E-state index in [-0.39, 0.29) is 26.1 Å². The van der Waals surface area contributed by atoms with Gasteiger partial charge in [0.15, 0.2) is 6.10 Å². The van der Waals surface area contributed by atoms with Crippen molar-refractivity contribution in [3.63, 3.8) is 0 Å². The van der Waals surface area contributed by atoms with Crippen LogP contribution in [0.3, 0.4) is 0 Å². The first-order chi connectivity index (χ1) is 26.7. The second kappa shape index (κ2) is 39.7. The monoisotopic (exact) mass is 792 g/mol. The van der Waals surface area contributed by atoms with Gasteiger partial charge in [0.2, 0.25) is 0 Å². The summed E-state index contributed by atoms with van der Waals surface area (Å²) in [5.41, 5.74) is 0. The Morgan fingerprint density at radius 1 is 0.564 bits per heavy atom. The lowest BCUT2D eigenvalue weighted by Crippen LogP contribution is -2.29. The summed E-state index contributed by atoms with van der Waals surface area (Å²) in [5.74, 6) is -0.916. The molecule has 0 spiro atoms. The fraction of sp³-hybridized carbons (Fsp3) is 0.689. The Morgan fingerprint density at radius 2 is 1.00 bits per heavy atom. The van der Waals surface area contributed by atoms with E-state index in [4.69, 9.17) is 18.5 Å². The van der Waals surface area contributed by atoms with Crippen molar-refractivity contribution in [3.8, 4) is 0 Å². The number of ether oxygens (including phenoxy) is 2. The van der Waals surface area contributed by atoms with E-state index in [0.717, 1.165) is 51.4 Å². The maximum Gasteiger partial charge on any atom is 0.472 e. The zero-order chi connectivity index (χ0) is 40.5. The van der Waals surface area contributed by atoms with Crippen LogP contribution < -0.4 is 0 Å². The van der Waals surface area contributed by atoms with Gasteiger partial charge in [0, 0.05) is 19.4 Å². The van der Waals surface area contributed by atoms with Crippen LogP contribution in [0.15, 0.2) is 72.9 Å². The lowest BCUT2D eigenvalue weighted by Gasteiger charge is -2.20. The maximum atomic E-state index is 12.6. The third-order valence-corrected chi connectivity index (χ3v) is 9.47. The van der Waals surface area contributed by atoms with Gasteiger partial charge in [-0.05, 0) is 97.6 Å². The molecule has 2 unspecified atom stereocenters. The van der Waals surface area contributed by atoms with Gasteiger partial charge in [0.25, 0.3) is 0 Å². The van der Waals surface area contributed by atoms with Crippen LogP contribution in [0.1, 0.15) is 155 Å². The predicted molar refractivity (Wildman–Crippen MR) is 229 cm³/mol. The average Bonchev–Trinajstić information content (AvgIpc) is 3.15. The van der Waals surface area contributed by atoms with E-state index in [9.17, 15) is 19.0 Å². The lowest BCUT2D eigenvalue weighted by molar-refractivity contribution is -0.161. The van der Waals surface area contributed by atoms with Crippen molar-refractivity contribution in [1.29, 1.82) is 0 Å². The molecule has 0 radical (unpaired) electrons. The summed E-state index contributed by atoms with van der Waals surface area (Å²) in [6, 6.07) is 0. The Morgan fingerprint density at radius 3 is 1.55 bits per heavy atom. The molecular formula is C45H78NO8P. The average molecular weight is 792 g/mol. The highest BCUT2D eigenvalue weighted by Crippen LogP contribution is 2.43. The Labute approximate surface area is 336 Å². The molecule has 9 nitrogen and oxygen atoms in total. The fourth-order valence-corrected chi connectivity index (χ4v) is 5.92. The minimum Gasteiger partial charge on any atom is -0.462 e. The number of hydrogen-bond acceptors (Lipinski definition) is 8. The van der Waals surface area contributed by atoms with Crippen LogP contribution >= 0.6 is 7.82 Å². The third-order valence-electron chi connectivity index (χ3n) is 8.49. The molecular weight excluding hydrogens is 713 g/mol. The molecule has 0 fully saturated rings. The van der Waals surface area contributed by atoms with Gasteiger partial charge >= 0.3 is 19.8 Å². The molecule has 0 heterocycles. The molecule has 0 aromatic rings. The summed E-state index contributed by atoms with van der Waals surface area (Å²) in [5, 5.41) is 0. The molecule has 0 aromatic heterocycles. The first kappa shape index (κ1) is 52.5. The molecule has 0 saturated carbocycles. The smallest absolute Gasteiger partial charge is 0.462 e. The number of carbonyl (C=O) groups is 2. The van der Waals surface area contributed by atoms with Crippen LogP contribution in [0.25, 0.3) is 0 Å². The second-order valence-corrected chi connectivity index (χ2v) is 15.6. The molecule has 0 aromatic carbocycles. The van der Waals surface area contributed by atoms with Crippen LogP contribution in [0, 0.1) is 0 Å². The van der Waals surface area contributed by atoms with Crippen LogP contribution in [0.5, 0.6) is 0 Å². The third kappa shape index (κ3) is 40.9. The Balaban J connectivity index is 4.48. The minimum absolute atomic E-state index is 0.0113. The van der Waals surface area contributed by atoms with Gasteiger partial charge in [-0.2, -0.15) is 0 Å². The lowest BCUT2D eigenvalue weighted by atomic mass is 10.1. The predicted octanol–water partition coefficient (Wildman–Crippen LogP) is 12.1. The molecule has 0 amide bonds. The van der Waals surface area contributed by atoms with E-state index in [2.05, 4.69) is 80.7 Å². The van der Waals surface area contributed by atoms with Crippen molar-refractivity contribution in [2.45, 2.75) is 161 Å². The van der Waals surface area contributed by atoms with Crippen LogP contribution in [0.4, 0.5) is 0 Å². The maximum absolute atomic E-state index is 12.6. The molecule has 0 aliphatic carbocycles. The number of phosphoric ester groups is 1. The second-order valence-electron chi connectivity index (χ2n) is 14.2. The zero-order valence-electron chi connectivity index (χ0n) is 35.1. The number of rotatable bonds is 38. The van der Waals surface area contributed by atoms with E-state index in [1.165, 1.54) is 57.8 Å². The Bertz CT molecular complexity index is 1140. The van der Waals surface area contributed by atoms with Gasteiger partial charge < -0.3 is 19.3 Å². The van der Waals surface area contributed by atoms with Gasteiger partial charge in [-0.3, -0.25) is 18.6 Å². The number of likely N-dealkylation sites (N-methyl/N-ethyl adjacent to an activating group) is 1. The van der Waals surface area contributed by atoms with Crippen LogP contribution in [0.2, 0.25) is 0 Å². The van der Waals surface area contributed by atoms with Crippen LogP contribution in [-0.2, 0) is 32.7 Å². The van der Waals surface area contributed by atoms with Crippen molar-refractivity contribution in [2.75, 3.05) is 40.5 Å². The summed E-state index contributed by atoms with van der Waals surface area (Å²) < 4.78 is 33.3. The van der Waals surface area contributed by atoms with Crippen LogP contribution in [-0.4, -0.2) is 68.3 Å². The SMILES string of the molecule is CCCCC/C=C\C/C=C\C/C=C\CCCCC(=O)OCC(COP(=O)(O)OCCN(C)C)OC(=O)CCC/C=C\C/C=C\C/C=C\CCCCCCCC. The highest BCUT2D eigenvalue weighted by atomic mass is 31.2. The highest BCUT2D eigenvalue weighted by Gasteiger charge is 2.26. The molecule has 0 rings (SSSR count). The summed E-state index contributed by atoms with van der Waals surface area (Å²) in [4.78, 5) is 36.9. The largest absolute Gasteiger partial charge is 0.472 e. The number of hydrogen-bond donors (Lipinski definition) is 1. The first-order valence-corrected chi connectivity index (χ1v) is 22.7. The van der Waals surface area contributed by atoms with Gasteiger partial charge in [-0.25, -0.2) is 4.57 Å². The van der Waals surface area contributed by atoms with Gasteiger partial charge in [-0.1, -0.05) is 132 Å². The van der Waals surface area contributed by atoms with E-state index >= 15 is 0 Å². The van der Waals surface area contributed by atoms with E-state index in [1.54, 1.807) is 4.90 Å². The Kier molecular flexibility index (Phi) is 37.8. The number of allylic oxidation sites excluding steroid dienone is 12. The number of unbranched alkanes of at least 4 members (excludes halogenated alkanes) is 12. The number of esters is 2. The molecule has 316 valence electrons.